The number of ether oxygens (including phenoxy) is 1. The summed E-state index contributed by atoms with van der Waals surface area (Å²) < 4.78 is 19.6. The molecule has 0 saturated heterocycles. The molecule has 2 N–H and O–H groups in total. The first-order chi connectivity index (χ1) is 11.6. The number of nitrogens with two attached hydrogens (primary N) is 1. The van der Waals surface area contributed by atoms with Crippen molar-refractivity contribution in [3.8, 4) is 0 Å². The van der Waals surface area contributed by atoms with E-state index in [2.05, 4.69) is 4.98 Å². The number of rotatable bonds is 4. The quantitative estimate of drug-likeness (QED) is 0.840. The molecule has 1 aliphatic rings. The molecule has 1 atom stereocenters. The van der Waals surface area contributed by atoms with E-state index < -0.39 is 5.60 Å². The van der Waals surface area contributed by atoms with Gasteiger partial charge in [0.1, 0.15) is 5.82 Å². The van der Waals surface area contributed by atoms with Crippen LogP contribution < -0.4 is 5.73 Å². The molecule has 0 aliphatic heterocycles. The molecule has 0 spiro atoms. The second kappa shape index (κ2) is 7.26. The Morgan fingerprint density at radius 3 is 2.42 bits per heavy atom. The molecule has 1 aromatic heterocycles. The lowest BCUT2D eigenvalue weighted by Crippen LogP contribution is -2.44. The van der Waals surface area contributed by atoms with Crippen LogP contribution in [-0.4, -0.2) is 10.2 Å². The van der Waals surface area contributed by atoms with Crippen molar-refractivity contribution < 1.29 is 9.13 Å². The van der Waals surface area contributed by atoms with Gasteiger partial charge in [0, 0.05) is 17.7 Å². The molecule has 126 valence electrons. The van der Waals surface area contributed by atoms with Crippen molar-refractivity contribution in [3.63, 3.8) is 0 Å². The second-order valence-electron chi connectivity index (χ2n) is 6.21. The molecule has 1 fully saturated rings. The highest BCUT2D eigenvalue weighted by Crippen LogP contribution is 2.46. The first-order valence-corrected chi connectivity index (χ1v) is 8.70. The van der Waals surface area contributed by atoms with Crippen molar-refractivity contribution in [1.82, 2.24) is 4.98 Å². The van der Waals surface area contributed by atoms with Crippen molar-refractivity contribution >= 4 is 17.4 Å². The Morgan fingerprint density at radius 2 is 1.83 bits per heavy atom. The van der Waals surface area contributed by atoms with Crippen LogP contribution in [0.1, 0.15) is 43.4 Å². The standard InChI is InChI=1S/C19H21FN2OS/c20-16-11-9-15(10-12-16)19(23-18(21)24,14-6-2-1-3-7-14)17-8-4-5-13-22-17/h4-5,8-14H,1-3,6-7H2,(H2,21,24). The number of pyridine rings is 1. The minimum Gasteiger partial charge on any atom is -0.453 e. The van der Waals surface area contributed by atoms with Crippen molar-refractivity contribution in [2.24, 2.45) is 11.7 Å². The Hall–Kier alpha value is -2.01. The van der Waals surface area contributed by atoms with Gasteiger partial charge in [-0.2, -0.15) is 0 Å². The number of hydrogen-bond acceptors (Lipinski definition) is 3. The molecule has 1 unspecified atom stereocenters. The summed E-state index contributed by atoms with van der Waals surface area (Å²) in [6.45, 7) is 0. The van der Waals surface area contributed by atoms with E-state index in [-0.39, 0.29) is 16.9 Å². The third kappa shape index (κ3) is 3.26. The first kappa shape index (κ1) is 16.8. The normalized spacial score (nSPS) is 17.9. The van der Waals surface area contributed by atoms with Gasteiger partial charge >= 0.3 is 0 Å². The summed E-state index contributed by atoms with van der Waals surface area (Å²) in [7, 11) is 0. The van der Waals surface area contributed by atoms with Crippen molar-refractivity contribution in [2.75, 3.05) is 0 Å². The van der Waals surface area contributed by atoms with Gasteiger partial charge in [-0.1, -0.05) is 37.5 Å². The summed E-state index contributed by atoms with van der Waals surface area (Å²) in [6.07, 6.45) is 7.19. The van der Waals surface area contributed by atoms with Crippen LogP contribution in [0.3, 0.4) is 0 Å². The summed E-state index contributed by atoms with van der Waals surface area (Å²) in [5.41, 5.74) is 6.52. The average Bonchev–Trinajstić information content (AvgIpc) is 2.62. The van der Waals surface area contributed by atoms with Gasteiger partial charge in [0.15, 0.2) is 5.60 Å². The number of benzene rings is 1. The fourth-order valence-corrected chi connectivity index (χ4v) is 3.87. The Kier molecular flexibility index (Phi) is 5.09. The molecule has 0 radical (unpaired) electrons. The van der Waals surface area contributed by atoms with Crippen LogP contribution in [0.4, 0.5) is 4.39 Å². The van der Waals surface area contributed by atoms with Gasteiger partial charge in [0.2, 0.25) is 0 Å². The van der Waals surface area contributed by atoms with E-state index in [9.17, 15) is 4.39 Å². The lowest BCUT2D eigenvalue weighted by atomic mass is 9.71. The average molecular weight is 344 g/mol. The highest BCUT2D eigenvalue weighted by molar-refractivity contribution is 7.80. The van der Waals surface area contributed by atoms with E-state index in [4.69, 9.17) is 22.7 Å². The summed E-state index contributed by atoms with van der Waals surface area (Å²) in [5, 5.41) is -0.0180. The summed E-state index contributed by atoms with van der Waals surface area (Å²) in [6, 6.07) is 12.1. The number of hydrogen-bond donors (Lipinski definition) is 1. The zero-order valence-corrected chi connectivity index (χ0v) is 14.3. The third-order valence-electron chi connectivity index (χ3n) is 4.76. The topological polar surface area (TPSA) is 48.1 Å². The summed E-state index contributed by atoms with van der Waals surface area (Å²) >= 11 is 5.09. The largest absolute Gasteiger partial charge is 0.453 e. The van der Waals surface area contributed by atoms with E-state index in [1.165, 1.54) is 18.6 Å². The maximum absolute atomic E-state index is 13.5. The zero-order chi connectivity index (χ0) is 17.0. The minimum atomic E-state index is -0.874. The number of aromatic nitrogens is 1. The number of thiocarbonyl (C=S) groups is 1. The molecular formula is C19H21FN2OS. The van der Waals surface area contributed by atoms with Gasteiger partial charge in [-0.05, 0) is 49.3 Å². The van der Waals surface area contributed by atoms with Crippen LogP contribution in [0, 0.1) is 11.7 Å². The third-order valence-corrected chi connectivity index (χ3v) is 4.84. The number of nitrogens with zero attached hydrogens (tertiary/aromatic N) is 1. The van der Waals surface area contributed by atoms with Gasteiger partial charge in [0.25, 0.3) is 5.17 Å². The van der Waals surface area contributed by atoms with E-state index in [0.717, 1.165) is 36.9 Å². The van der Waals surface area contributed by atoms with Crippen LogP contribution in [0.25, 0.3) is 0 Å². The maximum Gasteiger partial charge on any atom is 0.255 e. The SMILES string of the molecule is NC(=S)OC(c1ccc(F)cc1)(c1ccccn1)C1CCCCC1. The van der Waals surface area contributed by atoms with Crippen molar-refractivity contribution in [2.45, 2.75) is 37.7 Å². The predicted octanol–water partition coefficient (Wildman–Crippen LogP) is 4.30. The summed E-state index contributed by atoms with van der Waals surface area (Å²) in [4.78, 5) is 4.54. The highest BCUT2D eigenvalue weighted by atomic mass is 32.1. The van der Waals surface area contributed by atoms with Crippen LogP contribution >= 0.6 is 12.2 Å². The molecule has 1 saturated carbocycles. The summed E-state index contributed by atoms with van der Waals surface area (Å²) in [5.74, 6) is -0.0965. The van der Waals surface area contributed by atoms with E-state index in [1.54, 1.807) is 18.3 Å². The minimum absolute atomic E-state index is 0.0180. The fourth-order valence-electron chi connectivity index (χ4n) is 3.73. The fraction of sp³-hybridized carbons (Fsp3) is 0.368. The first-order valence-electron chi connectivity index (χ1n) is 8.29. The highest BCUT2D eigenvalue weighted by Gasteiger charge is 2.46. The molecule has 24 heavy (non-hydrogen) atoms. The molecular weight excluding hydrogens is 323 g/mol. The van der Waals surface area contributed by atoms with E-state index in [1.807, 2.05) is 18.2 Å². The molecule has 3 rings (SSSR count). The zero-order valence-electron chi connectivity index (χ0n) is 13.5. The van der Waals surface area contributed by atoms with E-state index >= 15 is 0 Å². The molecule has 5 heteroatoms. The van der Waals surface area contributed by atoms with Crippen LogP contribution in [0.2, 0.25) is 0 Å². The molecule has 0 bridgehead atoms. The van der Waals surface area contributed by atoms with Crippen LogP contribution in [-0.2, 0) is 10.3 Å². The molecule has 1 aromatic carbocycles. The molecule has 3 nitrogen and oxygen atoms in total. The van der Waals surface area contributed by atoms with Crippen LogP contribution in [0.15, 0.2) is 48.7 Å². The Morgan fingerprint density at radius 1 is 1.12 bits per heavy atom. The molecule has 2 aromatic rings. The van der Waals surface area contributed by atoms with E-state index in [0.29, 0.717) is 0 Å². The van der Waals surface area contributed by atoms with Crippen molar-refractivity contribution in [1.29, 1.82) is 0 Å². The Labute approximate surface area is 147 Å². The predicted molar refractivity (Wildman–Crippen MR) is 95.9 cm³/mol. The van der Waals surface area contributed by atoms with Gasteiger partial charge < -0.3 is 10.5 Å². The lowest BCUT2D eigenvalue weighted by molar-refractivity contribution is 0.0106. The van der Waals surface area contributed by atoms with Gasteiger partial charge in [-0.15, -0.1) is 0 Å². The Bertz CT molecular complexity index is 686. The molecule has 0 amide bonds. The van der Waals surface area contributed by atoms with Gasteiger partial charge in [0.05, 0.1) is 5.69 Å². The molecule has 1 aliphatic carbocycles. The van der Waals surface area contributed by atoms with Crippen molar-refractivity contribution in [3.05, 3.63) is 65.7 Å². The van der Waals surface area contributed by atoms with Gasteiger partial charge in [-0.3, -0.25) is 4.98 Å². The Balaban J connectivity index is 2.18. The number of halogens is 1. The van der Waals surface area contributed by atoms with Crippen LogP contribution in [0.5, 0.6) is 0 Å². The smallest absolute Gasteiger partial charge is 0.255 e. The second-order valence-corrected chi connectivity index (χ2v) is 6.62. The molecule has 1 heterocycles. The van der Waals surface area contributed by atoms with Gasteiger partial charge in [-0.25, -0.2) is 4.39 Å². The lowest BCUT2D eigenvalue weighted by Gasteiger charge is -2.42. The maximum atomic E-state index is 13.5. The monoisotopic (exact) mass is 344 g/mol.